The van der Waals surface area contributed by atoms with Gasteiger partial charge >= 0.3 is 5.97 Å². The van der Waals surface area contributed by atoms with Gasteiger partial charge in [-0.1, -0.05) is 30.3 Å². The molecule has 0 saturated carbocycles. The van der Waals surface area contributed by atoms with Crippen LogP contribution in [0.4, 0.5) is 0 Å². The zero-order valence-corrected chi connectivity index (χ0v) is 8.93. The molecule has 0 radical (unpaired) electrons. The van der Waals surface area contributed by atoms with Crippen LogP contribution >= 0.6 is 0 Å². The summed E-state index contributed by atoms with van der Waals surface area (Å²) in [5, 5.41) is 15.6. The van der Waals surface area contributed by atoms with Gasteiger partial charge in [0.05, 0.1) is 12.5 Å². The van der Waals surface area contributed by atoms with Gasteiger partial charge in [-0.05, 0) is 12.0 Å². The molecule has 0 unspecified atom stereocenters. The predicted molar refractivity (Wildman–Crippen MR) is 60.6 cm³/mol. The second-order valence-electron chi connectivity index (χ2n) is 3.44. The molecule has 0 fully saturated rings. The zero-order chi connectivity index (χ0) is 11.8. The molecule has 0 aliphatic heterocycles. The molecule has 0 aromatic heterocycles. The highest BCUT2D eigenvalue weighted by Gasteiger charge is 2.13. The summed E-state index contributed by atoms with van der Waals surface area (Å²) in [6.45, 7) is 0.826. The Kier molecular flexibility index (Phi) is 5.22. The second-order valence-corrected chi connectivity index (χ2v) is 3.44. The summed E-state index contributed by atoms with van der Waals surface area (Å²) in [6.07, 6.45) is 1.28. The largest absolute Gasteiger partial charge is 0.481 e. The lowest BCUT2D eigenvalue weighted by molar-refractivity contribution is -0.139. The van der Waals surface area contributed by atoms with Crippen LogP contribution in [-0.4, -0.2) is 23.9 Å². The average molecular weight is 221 g/mol. The van der Waals surface area contributed by atoms with Gasteiger partial charge in [0.25, 0.3) is 0 Å². The van der Waals surface area contributed by atoms with E-state index in [2.05, 4.69) is 0 Å². The summed E-state index contributed by atoms with van der Waals surface area (Å²) in [5.41, 5.74) is 1.06. The summed E-state index contributed by atoms with van der Waals surface area (Å²) < 4.78 is 5.34. The summed E-state index contributed by atoms with van der Waals surface area (Å²) in [7, 11) is 0. The lowest BCUT2D eigenvalue weighted by atomic mass is 10.1. The van der Waals surface area contributed by atoms with E-state index in [-0.39, 0.29) is 0 Å². The Morgan fingerprint density at radius 1 is 1.44 bits per heavy atom. The monoisotopic (exact) mass is 221 g/mol. The molecule has 0 spiro atoms. The minimum Gasteiger partial charge on any atom is -0.481 e. The maximum Gasteiger partial charge on any atom is 0.312 e. The van der Waals surface area contributed by atoms with E-state index in [1.807, 2.05) is 30.3 Å². The van der Waals surface area contributed by atoms with Crippen LogP contribution in [-0.2, 0) is 16.1 Å². The molecule has 4 heteroatoms. The highest BCUT2D eigenvalue weighted by atomic mass is 16.5. The van der Waals surface area contributed by atoms with Crippen LogP contribution in [0, 0.1) is 11.3 Å². The molecule has 2 N–H and O–H groups in total. The van der Waals surface area contributed by atoms with Crippen LogP contribution < -0.4 is 0 Å². The molecule has 1 atom stereocenters. The van der Waals surface area contributed by atoms with Gasteiger partial charge in [-0.15, -0.1) is 0 Å². The van der Waals surface area contributed by atoms with Crippen molar-refractivity contribution in [2.24, 2.45) is 5.92 Å². The molecule has 1 aromatic rings. The van der Waals surface area contributed by atoms with Crippen molar-refractivity contribution < 1.29 is 14.6 Å². The summed E-state index contributed by atoms with van der Waals surface area (Å²) in [5.74, 6) is -1.71. The number of carboxylic acid groups (broad SMARTS) is 1. The summed E-state index contributed by atoms with van der Waals surface area (Å²) in [4.78, 5) is 10.6. The van der Waals surface area contributed by atoms with Gasteiger partial charge in [0, 0.05) is 12.8 Å². The summed E-state index contributed by atoms with van der Waals surface area (Å²) in [6, 6.07) is 9.68. The number of carbonyl (C=O) groups is 1. The SMILES string of the molecule is N=C[C@@H](CCOCc1ccccc1)C(=O)O. The van der Waals surface area contributed by atoms with E-state index in [4.69, 9.17) is 15.3 Å². The smallest absolute Gasteiger partial charge is 0.312 e. The quantitative estimate of drug-likeness (QED) is 0.546. The molecule has 0 saturated heterocycles. The van der Waals surface area contributed by atoms with Crippen LogP contribution in [0.2, 0.25) is 0 Å². The first-order valence-corrected chi connectivity index (χ1v) is 5.09. The Labute approximate surface area is 94.4 Å². The molecule has 0 bridgehead atoms. The molecule has 86 valence electrons. The van der Waals surface area contributed by atoms with Crippen LogP contribution in [0.1, 0.15) is 12.0 Å². The first kappa shape index (κ1) is 12.4. The highest BCUT2D eigenvalue weighted by Crippen LogP contribution is 2.04. The fourth-order valence-corrected chi connectivity index (χ4v) is 1.25. The topological polar surface area (TPSA) is 70.4 Å². The molecule has 0 aliphatic rings. The van der Waals surface area contributed by atoms with Crippen LogP contribution in [0.25, 0.3) is 0 Å². The van der Waals surface area contributed by atoms with Crippen LogP contribution in [0.3, 0.4) is 0 Å². The van der Waals surface area contributed by atoms with Crippen molar-refractivity contribution in [2.45, 2.75) is 13.0 Å². The van der Waals surface area contributed by atoms with Gasteiger partial charge in [-0.2, -0.15) is 0 Å². The van der Waals surface area contributed by atoms with Gasteiger partial charge in [-0.25, -0.2) is 0 Å². The maximum atomic E-state index is 10.6. The molecule has 1 rings (SSSR count). The predicted octanol–water partition coefficient (Wildman–Crippen LogP) is 1.94. The van der Waals surface area contributed by atoms with Crippen molar-refractivity contribution in [1.82, 2.24) is 0 Å². The molecule has 0 aliphatic carbocycles. The Bertz CT molecular complexity index is 337. The number of carboxylic acids is 1. The first-order chi connectivity index (χ1) is 7.74. The van der Waals surface area contributed by atoms with Gasteiger partial charge in [0.15, 0.2) is 0 Å². The van der Waals surface area contributed by atoms with Gasteiger partial charge in [-0.3, -0.25) is 4.79 Å². The van der Waals surface area contributed by atoms with E-state index in [9.17, 15) is 4.79 Å². The Hall–Kier alpha value is -1.68. The van der Waals surface area contributed by atoms with Gasteiger partial charge < -0.3 is 15.3 Å². The number of hydrogen-bond donors (Lipinski definition) is 2. The fourth-order valence-electron chi connectivity index (χ4n) is 1.25. The number of benzene rings is 1. The standard InChI is InChI=1S/C12H15NO3/c13-8-11(12(14)15)6-7-16-9-10-4-2-1-3-5-10/h1-5,8,11,13H,6-7,9H2,(H,14,15)/t11-/m1/s1. The Morgan fingerprint density at radius 2 is 2.12 bits per heavy atom. The van der Waals surface area contributed by atoms with Gasteiger partial charge in [0.2, 0.25) is 0 Å². The minimum atomic E-state index is -0.974. The Morgan fingerprint density at radius 3 is 2.69 bits per heavy atom. The zero-order valence-electron chi connectivity index (χ0n) is 8.93. The minimum absolute atomic E-state index is 0.339. The van der Waals surface area contributed by atoms with E-state index in [0.29, 0.717) is 19.6 Å². The number of ether oxygens (including phenoxy) is 1. The van der Waals surface area contributed by atoms with Crippen molar-refractivity contribution in [3.8, 4) is 0 Å². The molecule has 1 aromatic carbocycles. The van der Waals surface area contributed by atoms with E-state index in [0.717, 1.165) is 11.8 Å². The maximum absolute atomic E-state index is 10.6. The average Bonchev–Trinajstić information content (AvgIpc) is 2.30. The van der Waals surface area contributed by atoms with Crippen molar-refractivity contribution in [3.05, 3.63) is 35.9 Å². The Balaban J connectivity index is 2.21. The molecule has 16 heavy (non-hydrogen) atoms. The van der Waals surface area contributed by atoms with E-state index < -0.39 is 11.9 Å². The van der Waals surface area contributed by atoms with E-state index >= 15 is 0 Å². The first-order valence-electron chi connectivity index (χ1n) is 5.09. The highest BCUT2D eigenvalue weighted by molar-refractivity contribution is 5.87. The molecular formula is C12H15NO3. The van der Waals surface area contributed by atoms with E-state index in [1.165, 1.54) is 0 Å². The van der Waals surface area contributed by atoms with Crippen molar-refractivity contribution >= 4 is 12.2 Å². The fraction of sp³-hybridized carbons (Fsp3) is 0.333. The lowest BCUT2D eigenvalue weighted by Crippen LogP contribution is -2.16. The van der Waals surface area contributed by atoms with Crippen molar-refractivity contribution in [1.29, 1.82) is 5.41 Å². The third-order valence-electron chi connectivity index (χ3n) is 2.20. The number of hydrogen-bond acceptors (Lipinski definition) is 3. The van der Waals surface area contributed by atoms with Crippen LogP contribution in [0.5, 0.6) is 0 Å². The molecule has 0 heterocycles. The molecule has 0 amide bonds. The van der Waals surface area contributed by atoms with Crippen molar-refractivity contribution in [3.63, 3.8) is 0 Å². The van der Waals surface area contributed by atoms with Crippen LogP contribution in [0.15, 0.2) is 30.3 Å². The third kappa shape index (κ3) is 4.23. The third-order valence-corrected chi connectivity index (χ3v) is 2.20. The molecule has 4 nitrogen and oxygen atoms in total. The summed E-state index contributed by atoms with van der Waals surface area (Å²) >= 11 is 0. The number of nitrogens with one attached hydrogen (secondary N) is 1. The van der Waals surface area contributed by atoms with Crippen molar-refractivity contribution in [2.75, 3.05) is 6.61 Å². The van der Waals surface area contributed by atoms with E-state index in [1.54, 1.807) is 0 Å². The van der Waals surface area contributed by atoms with Gasteiger partial charge in [0.1, 0.15) is 0 Å². The number of rotatable bonds is 7. The molecular weight excluding hydrogens is 206 g/mol. The second kappa shape index (κ2) is 6.74. The lowest BCUT2D eigenvalue weighted by Gasteiger charge is -2.07. The number of aliphatic carboxylic acids is 1. The normalized spacial score (nSPS) is 12.0.